The SMILES string of the molecule is N#Cc1ccsc1NC(=O)COC(=O)c1ccc(Cn2cncn2)cc1. The Kier molecular flexibility index (Phi) is 5.36. The molecule has 9 heteroatoms. The minimum absolute atomic E-state index is 0.342. The molecule has 26 heavy (non-hydrogen) atoms. The molecule has 2 heterocycles. The van der Waals surface area contributed by atoms with E-state index in [0.717, 1.165) is 5.56 Å². The number of nitrogens with one attached hydrogen (secondary N) is 1. The quantitative estimate of drug-likeness (QED) is 0.668. The number of anilines is 1. The Morgan fingerprint density at radius 2 is 2.08 bits per heavy atom. The molecule has 0 spiro atoms. The van der Waals surface area contributed by atoms with Gasteiger partial charge in [0.2, 0.25) is 0 Å². The molecule has 0 aliphatic heterocycles. The zero-order chi connectivity index (χ0) is 18.4. The molecule has 0 saturated heterocycles. The van der Waals surface area contributed by atoms with E-state index in [2.05, 4.69) is 15.4 Å². The Morgan fingerprint density at radius 1 is 1.27 bits per heavy atom. The molecular formula is C17H13N5O3S. The highest BCUT2D eigenvalue weighted by Crippen LogP contribution is 2.21. The summed E-state index contributed by atoms with van der Waals surface area (Å²) in [5.74, 6) is -1.10. The minimum Gasteiger partial charge on any atom is -0.452 e. The zero-order valence-corrected chi connectivity index (χ0v) is 14.3. The molecule has 0 radical (unpaired) electrons. The lowest BCUT2D eigenvalue weighted by molar-refractivity contribution is -0.119. The van der Waals surface area contributed by atoms with E-state index in [4.69, 9.17) is 10.00 Å². The molecule has 0 unspecified atom stereocenters. The van der Waals surface area contributed by atoms with Crippen molar-refractivity contribution in [2.75, 3.05) is 11.9 Å². The van der Waals surface area contributed by atoms with E-state index < -0.39 is 18.5 Å². The van der Waals surface area contributed by atoms with Crippen molar-refractivity contribution in [1.82, 2.24) is 14.8 Å². The standard InChI is InChI=1S/C17H13N5O3S/c18-7-14-5-6-26-16(14)21-15(23)9-25-17(24)13-3-1-12(2-4-13)8-22-11-19-10-20-22/h1-6,10-11H,8-9H2,(H,21,23). The molecule has 1 N–H and O–H groups in total. The highest BCUT2D eigenvalue weighted by molar-refractivity contribution is 7.14. The van der Waals surface area contributed by atoms with Gasteiger partial charge in [0.05, 0.1) is 17.7 Å². The van der Waals surface area contributed by atoms with Crippen molar-refractivity contribution < 1.29 is 14.3 Å². The first-order chi connectivity index (χ1) is 12.7. The number of hydrogen-bond acceptors (Lipinski definition) is 7. The third-order valence-corrected chi connectivity index (χ3v) is 4.20. The third-order valence-electron chi connectivity index (χ3n) is 3.37. The number of thiophene rings is 1. The van der Waals surface area contributed by atoms with Crippen molar-refractivity contribution >= 4 is 28.2 Å². The van der Waals surface area contributed by atoms with Gasteiger partial charge in [0.15, 0.2) is 6.61 Å². The molecular weight excluding hydrogens is 354 g/mol. The Labute approximate surface area is 152 Å². The fourth-order valence-electron chi connectivity index (χ4n) is 2.12. The summed E-state index contributed by atoms with van der Waals surface area (Å²) in [5.41, 5.74) is 1.66. The molecule has 3 rings (SSSR count). The van der Waals surface area contributed by atoms with Crippen LogP contribution in [0.1, 0.15) is 21.5 Å². The summed E-state index contributed by atoms with van der Waals surface area (Å²) < 4.78 is 6.67. The Morgan fingerprint density at radius 3 is 2.77 bits per heavy atom. The van der Waals surface area contributed by atoms with Gasteiger partial charge in [0.1, 0.15) is 23.7 Å². The van der Waals surface area contributed by atoms with Crippen molar-refractivity contribution in [2.45, 2.75) is 6.54 Å². The average Bonchev–Trinajstić information content (AvgIpc) is 3.32. The normalized spacial score (nSPS) is 10.1. The molecule has 130 valence electrons. The number of hydrogen-bond donors (Lipinski definition) is 1. The first kappa shape index (κ1) is 17.3. The van der Waals surface area contributed by atoms with Crippen LogP contribution in [0.15, 0.2) is 48.4 Å². The number of benzene rings is 1. The lowest BCUT2D eigenvalue weighted by Gasteiger charge is -2.06. The lowest BCUT2D eigenvalue weighted by atomic mass is 10.1. The molecule has 0 saturated carbocycles. The topological polar surface area (TPSA) is 110 Å². The number of nitrogens with zero attached hydrogens (tertiary/aromatic N) is 4. The molecule has 3 aromatic rings. The van der Waals surface area contributed by atoms with E-state index in [1.54, 1.807) is 46.7 Å². The van der Waals surface area contributed by atoms with Crippen molar-refractivity contribution in [1.29, 1.82) is 5.26 Å². The van der Waals surface area contributed by atoms with Crippen molar-refractivity contribution in [3.63, 3.8) is 0 Å². The fraction of sp³-hybridized carbons (Fsp3) is 0.118. The van der Waals surface area contributed by atoms with E-state index in [1.165, 1.54) is 17.7 Å². The smallest absolute Gasteiger partial charge is 0.338 e. The van der Waals surface area contributed by atoms with Crippen LogP contribution in [0.5, 0.6) is 0 Å². The third kappa shape index (κ3) is 4.31. The largest absolute Gasteiger partial charge is 0.452 e. The molecule has 2 aromatic heterocycles. The van der Waals surface area contributed by atoms with Gasteiger partial charge in [-0.05, 0) is 29.1 Å². The van der Waals surface area contributed by atoms with Gasteiger partial charge >= 0.3 is 5.97 Å². The number of rotatable bonds is 6. The number of esters is 1. The Bertz CT molecular complexity index is 942. The van der Waals surface area contributed by atoms with Crippen LogP contribution in [0.25, 0.3) is 0 Å². The molecule has 0 aliphatic carbocycles. The summed E-state index contributed by atoms with van der Waals surface area (Å²) >= 11 is 1.23. The fourth-order valence-corrected chi connectivity index (χ4v) is 2.87. The first-order valence-corrected chi connectivity index (χ1v) is 8.39. The molecule has 0 bridgehead atoms. The van der Waals surface area contributed by atoms with E-state index in [9.17, 15) is 9.59 Å². The van der Waals surface area contributed by atoms with E-state index in [1.807, 2.05) is 6.07 Å². The van der Waals surface area contributed by atoms with E-state index in [0.29, 0.717) is 22.7 Å². The van der Waals surface area contributed by atoms with E-state index >= 15 is 0 Å². The monoisotopic (exact) mass is 367 g/mol. The van der Waals surface area contributed by atoms with Gasteiger partial charge in [0, 0.05) is 0 Å². The van der Waals surface area contributed by atoms with Crippen LogP contribution in [-0.2, 0) is 16.1 Å². The molecule has 1 amide bonds. The molecule has 0 aliphatic rings. The summed E-state index contributed by atoms with van der Waals surface area (Å²) in [5, 5.41) is 17.6. The van der Waals surface area contributed by atoms with Gasteiger partial charge in [-0.1, -0.05) is 12.1 Å². The van der Waals surface area contributed by atoms with Crippen molar-refractivity contribution in [3.8, 4) is 6.07 Å². The molecule has 0 atom stereocenters. The van der Waals surface area contributed by atoms with Gasteiger partial charge in [0.25, 0.3) is 5.91 Å². The van der Waals surface area contributed by atoms with Crippen LogP contribution >= 0.6 is 11.3 Å². The molecule has 0 fully saturated rings. The van der Waals surface area contributed by atoms with Gasteiger partial charge in [-0.15, -0.1) is 11.3 Å². The maximum Gasteiger partial charge on any atom is 0.338 e. The van der Waals surface area contributed by atoms with Crippen LogP contribution in [0.3, 0.4) is 0 Å². The van der Waals surface area contributed by atoms with Crippen LogP contribution in [0.2, 0.25) is 0 Å². The second-order valence-electron chi connectivity index (χ2n) is 5.19. The maximum atomic E-state index is 12.0. The van der Waals surface area contributed by atoms with Gasteiger partial charge in [-0.25, -0.2) is 14.5 Å². The Balaban J connectivity index is 1.51. The number of aromatic nitrogens is 3. The number of nitriles is 1. The molecule has 8 nitrogen and oxygen atoms in total. The highest BCUT2D eigenvalue weighted by Gasteiger charge is 2.12. The minimum atomic E-state index is -0.598. The predicted octanol–water partition coefficient (Wildman–Crippen LogP) is 2.06. The summed E-state index contributed by atoms with van der Waals surface area (Å²) in [6, 6.07) is 10.4. The van der Waals surface area contributed by atoms with Crippen molar-refractivity contribution in [2.24, 2.45) is 0 Å². The summed E-state index contributed by atoms with van der Waals surface area (Å²) in [6.45, 7) is 0.113. The van der Waals surface area contributed by atoms with Gasteiger partial charge in [-0.2, -0.15) is 10.4 Å². The van der Waals surface area contributed by atoms with Gasteiger partial charge in [-0.3, -0.25) is 4.79 Å². The van der Waals surface area contributed by atoms with Crippen LogP contribution in [0.4, 0.5) is 5.00 Å². The van der Waals surface area contributed by atoms with E-state index in [-0.39, 0.29) is 0 Å². The summed E-state index contributed by atoms with van der Waals surface area (Å²) in [7, 11) is 0. The average molecular weight is 367 g/mol. The first-order valence-electron chi connectivity index (χ1n) is 7.51. The zero-order valence-electron chi connectivity index (χ0n) is 13.5. The highest BCUT2D eigenvalue weighted by atomic mass is 32.1. The number of carbonyl (C=O) groups is 2. The van der Waals surface area contributed by atoms with Crippen LogP contribution in [-0.4, -0.2) is 33.2 Å². The van der Waals surface area contributed by atoms with Crippen LogP contribution < -0.4 is 5.32 Å². The predicted molar refractivity (Wildman–Crippen MR) is 93.5 cm³/mol. The summed E-state index contributed by atoms with van der Waals surface area (Å²) in [6.07, 6.45) is 3.05. The molecule has 1 aromatic carbocycles. The maximum absolute atomic E-state index is 12.0. The Hall–Kier alpha value is -3.51. The number of ether oxygens (including phenoxy) is 1. The van der Waals surface area contributed by atoms with Crippen molar-refractivity contribution in [3.05, 3.63) is 65.1 Å². The number of carbonyl (C=O) groups excluding carboxylic acids is 2. The van der Waals surface area contributed by atoms with Crippen LogP contribution in [0, 0.1) is 11.3 Å². The second-order valence-corrected chi connectivity index (χ2v) is 6.11. The lowest BCUT2D eigenvalue weighted by Crippen LogP contribution is -2.20. The number of amides is 1. The summed E-state index contributed by atoms with van der Waals surface area (Å²) in [4.78, 5) is 27.7. The second kappa shape index (κ2) is 8.04. The van der Waals surface area contributed by atoms with Gasteiger partial charge < -0.3 is 10.1 Å².